The molecule has 0 radical (unpaired) electrons. The van der Waals surface area contributed by atoms with E-state index in [0.29, 0.717) is 34.0 Å². The van der Waals surface area contributed by atoms with E-state index < -0.39 is 0 Å². The zero-order valence-electron chi connectivity index (χ0n) is 21.0. The number of likely N-dealkylation sites (N-methyl/N-ethyl adjacent to an activating group) is 1. The lowest BCUT2D eigenvalue weighted by atomic mass is 10.1. The number of carbonyl (C=O) groups is 2. The molecule has 0 bridgehead atoms. The molecule has 0 saturated carbocycles. The summed E-state index contributed by atoms with van der Waals surface area (Å²) in [7, 11) is 1.74. The Hall–Kier alpha value is -3.06. The second-order valence-corrected chi connectivity index (χ2v) is 11.1. The zero-order chi connectivity index (χ0) is 25.9. The number of benzene rings is 3. The maximum atomic E-state index is 13.1. The van der Waals surface area contributed by atoms with E-state index in [9.17, 15) is 9.59 Å². The molecule has 190 valence electrons. The van der Waals surface area contributed by atoms with Crippen LogP contribution in [0, 0.1) is 5.92 Å². The molecule has 7 heteroatoms. The number of fused-ring (bicyclic) bond motifs is 1. The molecule has 2 heterocycles. The molecule has 1 saturated heterocycles. The highest BCUT2D eigenvalue weighted by Gasteiger charge is 2.29. The van der Waals surface area contributed by atoms with Gasteiger partial charge >= 0.3 is 0 Å². The van der Waals surface area contributed by atoms with Gasteiger partial charge in [-0.1, -0.05) is 71.9 Å². The Labute approximate surface area is 227 Å². The van der Waals surface area contributed by atoms with Crippen LogP contribution in [0.15, 0.2) is 82.6 Å². The highest BCUT2D eigenvalue weighted by molar-refractivity contribution is 8.04. The molecular weight excluding hydrogens is 502 g/mol. The molecule has 2 aliphatic rings. The third-order valence-corrected chi connectivity index (χ3v) is 8.63. The van der Waals surface area contributed by atoms with E-state index in [1.807, 2.05) is 42.5 Å². The topological polar surface area (TPSA) is 52.7 Å². The number of nitrogens with one attached hydrogen (secondary N) is 1. The molecule has 1 N–H and O–H groups in total. The largest absolute Gasteiger partial charge is 0.352 e. The summed E-state index contributed by atoms with van der Waals surface area (Å²) >= 11 is 7.69. The van der Waals surface area contributed by atoms with E-state index >= 15 is 0 Å². The second-order valence-electron chi connectivity index (χ2n) is 9.63. The fourth-order valence-corrected chi connectivity index (χ4v) is 6.20. The lowest BCUT2D eigenvalue weighted by molar-refractivity contribution is -0.114. The molecule has 0 aliphatic carbocycles. The van der Waals surface area contributed by atoms with Crippen molar-refractivity contribution in [1.82, 2.24) is 10.2 Å². The SMILES string of the molecule is CC(c1ccccc1)N1CCC(CNC(=O)c2ccc3c(c2)N(C)C(=O)/C(=C\c2ccccc2Cl)S3)C1. The van der Waals surface area contributed by atoms with Gasteiger partial charge in [0.2, 0.25) is 0 Å². The average Bonchev–Trinajstić information content (AvgIpc) is 3.40. The van der Waals surface area contributed by atoms with Crippen LogP contribution < -0.4 is 10.2 Å². The molecule has 1 fully saturated rings. The van der Waals surface area contributed by atoms with Gasteiger partial charge in [-0.2, -0.15) is 0 Å². The molecular formula is C30H30ClN3O2S. The first-order valence-electron chi connectivity index (χ1n) is 12.5. The fourth-order valence-electron chi connectivity index (χ4n) is 4.93. The van der Waals surface area contributed by atoms with Gasteiger partial charge in [0.15, 0.2) is 0 Å². The average molecular weight is 532 g/mol. The van der Waals surface area contributed by atoms with Gasteiger partial charge in [-0.25, -0.2) is 0 Å². The van der Waals surface area contributed by atoms with Crippen molar-refractivity contribution in [3.05, 3.63) is 99.4 Å². The maximum Gasteiger partial charge on any atom is 0.264 e. The predicted molar refractivity (Wildman–Crippen MR) is 152 cm³/mol. The van der Waals surface area contributed by atoms with E-state index in [-0.39, 0.29) is 11.8 Å². The van der Waals surface area contributed by atoms with Crippen LogP contribution in [0.25, 0.3) is 6.08 Å². The molecule has 0 spiro atoms. The number of rotatable bonds is 6. The molecule has 2 aliphatic heterocycles. The first-order valence-corrected chi connectivity index (χ1v) is 13.7. The lowest BCUT2D eigenvalue weighted by Gasteiger charge is -2.27. The number of halogens is 1. The summed E-state index contributed by atoms with van der Waals surface area (Å²) < 4.78 is 0. The van der Waals surface area contributed by atoms with E-state index in [1.165, 1.54) is 17.3 Å². The third-order valence-electron chi connectivity index (χ3n) is 7.21. The Kier molecular flexibility index (Phi) is 7.70. The third kappa shape index (κ3) is 5.61. The van der Waals surface area contributed by atoms with Gasteiger partial charge in [0.05, 0.1) is 10.6 Å². The Morgan fingerprint density at radius 3 is 2.68 bits per heavy atom. The number of carbonyl (C=O) groups excluding carboxylic acids is 2. The standard InChI is InChI=1S/C30H30ClN3O2S/c1-20(22-8-4-3-5-9-22)34-15-14-21(19-34)18-32-29(35)24-12-13-27-26(16-24)33(2)30(36)28(37-27)17-23-10-6-7-11-25(23)31/h3-13,16-17,20-21H,14-15,18-19H2,1-2H3,(H,32,35)/b28-17+. The van der Waals surface area contributed by atoms with Crippen molar-refractivity contribution in [2.24, 2.45) is 5.92 Å². The van der Waals surface area contributed by atoms with Crippen molar-refractivity contribution in [2.75, 3.05) is 31.6 Å². The van der Waals surface area contributed by atoms with Crippen LogP contribution in [-0.4, -0.2) is 43.4 Å². The number of nitrogens with zero attached hydrogens (tertiary/aromatic N) is 2. The normalized spacial score (nSPS) is 19.6. The molecule has 5 nitrogen and oxygen atoms in total. The fraction of sp³-hybridized carbons (Fsp3) is 0.267. The van der Waals surface area contributed by atoms with E-state index in [2.05, 4.69) is 41.4 Å². The summed E-state index contributed by atoms with van der Waals surface area (Å²) in [5, 5.41) is 3.72. The Bertz CT molecular complexity index is 1340. The highest BCUT2D eigenvalue weighted by Crippen LogP contribution is 2.42. The van der Waals surface area contributed by atoms with Crippen molar-refractivity contribution in [3.8, 4) is 0 Å². The van der Waals surface area contributed by atoms with Crippen molar-refractivity contribution >= 4 is 46.9 Å². The van der Waals surface area contributed by atoms with Crippen LogP contribution in [0.3, 0.4) is 0 Å². The molecule has 2 atom stereocenters. The van der Waals surface area contributed by atoms with E-state index in [0.717, 1.165) is 35.7 Å². The summed E-state index contributed by atoms with van der Waals surface area (Å²) in [6.07, 6.45) is 2.88. The minimum atomic E-state index is -0.117. The Morgan fingerprint density at radius 2 is 1.89 bits per heavy atom. The lowest BCUT2D eigenvalue weighted by Crippen LogP contribution is -2.33. The summed E-state index contributed by atoms with van der Waals surface area (Å²) in [5.41, 5.74) is 3.42. The number of hydrogen-bond donors (Lipinski definition) is 1. The smallest absolute Gasteiger partial charge is 0.264 e. The summed E-state index contributed by atoms with van der Waals surface area (Å²) in [5.74, 6) is 0.194. The van der Waals surface area contributed by atoms with Crippen LogP contribution >= 0.6 is 23.4 Å². The number of amides is 2. The van der Waals surface area contributed by atoms with Gasteiger partial charge < -0.3 is 10.2 Å². The zero-order valence-corrected chi connectivity index (χ0v) is 22.6. The number of likely N-dealkylation sites (tertiary alicyclic amines) is 1. The van der Waals surface area contributed by atoms with Crippen LogP contribution in [-0.2, 0) is 4.79 Å². The Morgan fingerprint density at radius 1 is 1.14 bits per heavy atom. The minimum absolute atomic E-state index is 0.111. The summed E-state index contributed by atoms with van der Waals surface area (Å²) in [6.45, 7) is 4.88. The van der Waals surface area contributed by atoms with Crippen molar-refractivity contribution < 1.29 is 9.59 Å². The molecule has 3 aromatic carbocycles. The van der Waals surface area contributed by atoms with Crippen molar-refractivity contribution in [2.45, 2.75) is 24.3 Å². The van der Waals surface area contributed by atoms with Crippen LogP contribution in [0.1, 0.15) is 40.9 Å². The second kappa shape index (κ2) is 11.1. The molecule has 3 aromatic rings. The first kappa shape index (κ1) is 25.6. The van der Waals surface area contributed by atoms with Crippen molar-refractivity contribution in [3.63, 3.8) is 0 Å². The van der Waals surface area contributed by atoms with Gasteiger partial charge in [0.25, 0.3) is 11.8 Å². The number of hydrogen-bond acceptors (Lipinski definition) is 4. The Balaban J connectivity index is 1.22. The molecule has 2 amide bonds. The van der Waals surface area contributed by atoms with Crippen LogP contribution in [0.5, 0.6) is 0 Å². The van der Waals surface area contributed by atoms with Gasteiger partial charge in [0, 0.05) is 41.7 Å². The number of anilines is 1. The van der Waals surface area contributed by atoms with Crippen LogP contribution in [0.4, 0.5) is 5.69 Å². The molecule has 5 rings (SSSR count). The van der Waals surface area contributed by atoms with E-state index in [4.69, 9.17) is 11.6 Å². The van der Waals surface area contributed by atoms with Gasteiger partial charge in [-0.15, -0.1) is 0 Å². The summed E-state index contributed by atoms with van der Waals surface area (Å²) in [6, 6.07) is 23.9. The van der Waals surface area contributed by atoms with Gasteiger partial charge in [-0.3, -0.25) is 14.5 Å². The molecule has 0 aromatic heterocycles. The van der Waals surface area contributed by atoms with Crippen molar-refractivity contribution in [1.29, 1.82) is 0 Å². The number of thioether (sulfide) groups is 1. The summed E-state index contributed by atoms with van der Waals surface area (Å²) in [4.78, 5) is 31.7. The van der Waals surface area contributed by atoms with E-state index in [1.54, 1.807) is 24.1 Å². The predicted octanol–water partition coefficient (Wildman–Crippen LogP) is 6.26. The highest BCUT2D eigenvalue weighted by atomic mass is 35.5. The first-order chi connectivity index (χ1) is 17.9. The quantitative estimate of drug-likeness (QED) is 0.381. The minimum Gasteiger partial charge on any atom is -0.352 e. The molecule has 37 heavy (non-hydrogen) atoms. The molecule has 2 unspecified atom stereocenters. The monoisotopic (exact) mass is 531 g/mol. The van der Waals surface area contributed by atoms with Gasteiger partial charge in [-0.05, 0) is 67.3 Å². The van der Waals surface area contributed by atoms with Gasteiger partial charge in [0.1, 0.15) is 0 Å². The van der Waals surface area contributed by atoms with Crippen LogP contribution in [0.2, 0.25) is 5.02 Å². The maximum absolute atomic E-state index is 13.1.